The van der Waals surface area contributed by atoms with Crippen LogP contribution in [0.1, 0.15) is 26.2 Å². The van der Waals surface area contributed by atoms with E-state index in [1.54, 1.807) is 0 Å². The minimum absolute atomic E-state index is 0.411. The maximum Gasteiger partial charge on any atom is 0.428 e. The van der Waals surface area contributed by atoms with E-state index in [0.29, 0.717) is 12.2 Å². The number of thioether (sulfide) groups is 1. The Kier molecular flexibility index (Phi) is 6.55. The molecule has 0 aromatic carbocycles. The number of alkyl halides is 4. The van der Waals surface area contributed by atoms with Gasteiger partial charge in [-0.2, -0.15) is 13.2 Å². The zero-order chi connectivity index (χ0) is 12.8. The highest BCUT2D eigenvalue weighted by molar-refractivity contribution is 8.23. The van der Waals surface area contributed by atoms with E-state index >= 15 is 0 Å². The average molecular weight is 274 g/mol. The molecule has 0 aliphatic carbocycles. The number of rotatable bonds is 6. The van der Waals surface area contributed by atoms with Gasteiger partial charge in [0.1, 0.15) is 0 Å². The molecule has 16 heavy (non-hydrogen) atoms. The van der Waals surface area contributed by atoms with E-state index in [1.165, 1.54) is 0 Å². The molecule has 6 heteroatoms. The van der Waals surface area contributed by atoms with E-state index in [9.17, 15) is 17.6 Å². The van der Waals surface area contributed by atoms with Crippen molar-refractivity contribution in [1.82, 2.24) is 0 Å². The van der Waals surface area contributed by atoms with Crippen LogP contribution in [0.3, 0.4) is 0 Å². The normalized spacial score (nSPS) is 15.6. The van der Waals surface area contributed by atoms with Crippen molar-refractivity contribution >= 4 is 28.2 Å². The predicted molar refractivity (Wildman–Crippen MR) is 64.7 cm³/mol. The van der Waals surface area contributed by atoms with Crippen LogP contribution in [0.25, 0.3) is 0 Å². The van der Waals surface area contributed by atoms with E-state index in [1.807, 2.05) is 6.92 Å². The van der Waals surface area contributed by atoms with Crippen molar-refractivity contribution in [3.8, 4) is 0 Å². The van der Waals surface area contributed by atoms with Crippen LogP contribution in [0, 0.1) is 0 Å². The first kappa shape index (κ1) is 15.9. The molecule has 0 heterocycles. The zero-order valence-electron chi connectivity index (χ0n) is 8.94. The standard InChI is InChI=1S/C10H14F4S2/c1-3-5-7-16-8(15)9(11,6-4-2)10(12,13)14/h4H,2-3,5-7H2,1H3. The van der Waals surface area contributed by atoms with Crippen LogP contribution < -0.4 is 0 Å². The first-order valence-corrected chi connectivity index (χ1v) is 6.22. The second kappa shape index (κ2) is 6.59. The summed E-state index contributed by atoms with van der Waals surface area (Å²) in [6, 6.07) is 0. The summed E-state index contributed by atoms with van der Waals surface area (Å²) in [5, 5.41) is 0. The summed E-state index contributed by atoms with van der Waals surface area (Å²) < 4.78 is 50.7. The summed E-state index contributed by atoms with van der Waals surface area (Å²) in [5.74, 6) is 0.411. The second-order valence-electron chi connectivity index (χ2n) is 3.28. The Labute approximate surface area is 102 Å². The number of unbranched alkanes of at least 4 members (excludes halogenated alkanes) is 1. The van der Waals surface area contributed by atoms with E-state index in [0.717, 1.165) is 24.3 Å². The Morgan fingerprint density at radius 2 is 1.94 bits per heavy atom. The Morgan fingerprint density at radius 1 is 1.38 bits per heavy atom. The molecule has 0 radical (unpaired) electrons. The van der Waals surface area contributed by atoms with Gasteiger partial charge in [-0.05, 0) is 12.2 Å². The van der Waals surface area contributed by atoms with Gasteiger partial charge in [0.25, 0.3) is 0 Å². The van der Waals surface area contributed by atoms with E-state index in [-0.39, 0.29) is 0 Å². The number of allylic oxidation sites excluding steroid dienone is 1. The van der Waals surface area contributed by atoms with Crippen LogP contribution in [0.4, 0.5) is 17.6 Å². The third kappa shape index (κ3) is 4.05. The van der Waals surface area contributed by atoms with Crippen LogP contribution in [-0.4, -0.2) is 21.8 Å². The van der Waals surface area contributed by atoms with Gasteiger partial charge >= 0.3 is 6.18 Å². The third-order valence-corrected chi connectivity index (χ3v) is 3.69. The minimum Gasteiger partial charge on any atom is -0.227 e. The molecule has 1 unspecified atom stereocenters. The molecule has 0 fully saturated rings. The number of hydrogen-bond donors (Lipinski definition) is 0. The molecule has 1 atom stereocenters. The fourth-order valence-electron chi connectivity index (χ4n) is 0.937. The molecule has 0 aromatic rings. The molecule has 0 nitrogen and oxygen atoms in total. The molecule has 0 aliphatic heterocycles. The number of thiocarbonyl (C=S) groups is 1. The lowest BCUT2D eigenvalue weighted by atomic mass is 10.0. The van der Waals surface area contributed by atoms with Gasteiger partial charge in [-0.25, -0.2) is 4.39 Å². The summed E-state index contributed by atoms with van der Waals surface area (Å²) in [6.07, 6.45) is -3.35. The van der Waals surface area contributed by atoms with Crippen molar-refractivity contribution in [3.05, 3.63) is 12.7 Å². The van der Waals surface area contributed by atoms with Crippen LogP contribution in [0.5, 0.6) is 0 Å². The lowest BCUT2D eigenvalue weighted by Crippen LogP contribution is -2.45. The highest BCUT2D eigenvalue weighted by atomic mass is 32.2. The largest absolute Gasteiger partial charge is 0.428 e. The molecular formula is C10H14F4S2. The van der Waals surface area contributed by atoms with Crippen LogP contribution in [-0.2, 0) is 0 Å². The molecular weight excluding hydrogens is 260 g/mol. The highest BCUT2D eigenvalue weighted by Gasteiger charge is 2.58. The Bertz CT molecular complexity index is 250. The average Bonchev–Trinajstić information content (AvgIpc) is 2.16. The van der Waals surface area contributed by atoms with Gasteiger partial charge in [0.15, 0.2) is 0 Å². The Morgan fingerprint density at radius 3 is 2.31 bits per heavy atom. The summed E-state index contributed by atoms with van der Waals surface area (Å²) >= 11 is 5.30. The molecule has 0 saturated heterocycles. The SMILES string of the molecule is C=CCC(F)(C(=S)SCCCC)C(F)(F)F. The van der Waals surface area contributed by atoms with Crippen LogP contribution in [0.2, 0.25) is 0 Å². The summed E-state index contributed by atoms with van der Waals surface area (Å²) in [4.78, 5) is 0. The third-order valence-electron chi connectivity index (χ3n) is 1.93. The smallest absolute Gasteiger partial charge is 0.227 e. The van der Waals surface area contributed by atoms with Gasteiger partial charge in [-0.1, -0.05) is 31.6 Å². The van der Waals surface area contributed by atoms with Crippen molar-refractivity contribution in [3.63, 3.8) is 0 Å². The molecule has 0 aliphatic rings. The second-order valence-corrected chi connectivity index (χ2v) is 5.05. The van der Waals surface area contributed by atoms with Gasteiger partial charge in [0.05, 0.1) is 4.20 Å². The quantitative estimate of drug-likeness (QED) is 0.298. The molecule has 0 saturated carbocycles. The fourth-order valence-corrected chi connectivity index (χ4v) is 2.43. The molecule has 0 spiro atoms. The Hall–Kier alpha value is -0.100. The lowest BCUT2D eigenvalue weighted by Gasteiger charge is -2.27. The van der Waals surface area contributed by atoms with Crippen LogP contribution in [0.15, 0.2) is 12.7 Å². The van der Waals surface area contributed by atoms with Gasteiger partial charge in [-0.15, -0.1) is 18.3 Å². The summed E-state index contributed by atoms with van der Waals surface area (Å²) in [7, 11) is 0. The molecule has 0 bridgehead atoms. The monoisotopic (exact) mass is 274 g/mol. The first-order chi connectivity index (χ1) is 7.29. The number of halogens is 4. The van der Waals surface area contributed by atoms with Gasteiger partial charge in [0.2, 0.25) is 5.67 Å². The maximum absolute atomic E-state index is 13.8. The predicted octanol–water partition coefficient (Wildman–Crippen LogP) is 4.69. The maximum atomic E-state index is 13.8. The van der Waals surface area contributed by atoms with Crippen molar-refractivity contribution in [2.45, 2.75) is 38.0 Å². The van der Waals surface area contributed by atoms with Crippen molar-refractivity contribution in [1.29, 1.82) is 0 Å². The summed E-state index contributed by atoms with van der Waals surface area (Å²) in [6.45, 7) is 5.03. The summed E-state index contributed by atoms with van der Waals surface area (Å²) in [5.41, 5.74) is -3.43. The highest BCUT2D eigenvalue weighted by Crippen LogP contribution is 2.41. The zero-order valence-corrected chi connectivity index (χ0v) is 10.6. The van der Waals surface area contributed by atoms with Crippen LogP contribution >= 0.6 is 24.0 Å². The van der Waals surface area contributed by atoms with E-state index < -0.39 is 22.5 Å². The molecule has 0 rings (SSSR count). The topological polar surface area (TPSA) is 0 Å². The van der Waals surface area contributed by atoms with Crippen molar-refractivity contribution in [2.75, 3.05) is 5.75 Å². The molecule has 0 amide bonds. The molecule has 0 aromatic heterocycles. The number of hydrogen-bond acceptors (Lipinski definition) is 2. The molecule has 94 valence electrons. The van der Waals surface area contributed by atoms with E-state index in [4.69, 9.17) is 0 Å². The van der Waals surface area contributed by atoms with Crippen molar-refractivity contribution in [2.24, 2.45) is 0 Å². The van der Waals surface area contributed by atoms with Gasteiger partial charge in [0, 0.05) is 6.42 Å². The van der Waals surface area contributed by atoms with Crippen molar-refractivity contribution < 1.29 is 17.6 Å². The first-order valence-electron chi connectivity index (χ1n) is 4.83. The Balaban J connectivity index is 4.64. The molecule has 0 N–H and O–H groups in total. The van der Waals surface area contributed by atoms with E-state index in [2.05, 4.69) is 18.8 Å². The fraction of sp³-hybridized carbons (Fsp3) is 0.700. The van der Waals surface area contributed by atoms with Gasteiger partial charge in [-0.3, -0.25) is 0 Å². The lowest BCUT2D eigenvalue weighted by molar-refractivity contribution is -0.200. The van der Waals surface area contributed by atoms with Gasteiger partial charge < -0.3 is 0 Å². The minimum atomic E-state index is -4.97.